The van der Waals surface area contributed by atoms with Crippen molar-refractivity contribution in [2.24, 2.45) is 0 Å². The minimum absolute atomic E-state index is 0.254. The lowest BCUT2D eigenvalue weighted by Gasteiger charge is -2.06. The number of benzene rings is 1. The molecule has 0 saturated carbocycles. The molecule has 98 valence electrons. The Morgan fingerprint density at radius 3 is 2.25 bits per heavy atom. The molecule has 1 aromatic carbocycles. The van der Waals surface area contributed by atoms with Gasteiger partial charge in [0.1, 0.15) is 0 Å². The highest BCUT2D eigenvalue weighted by molar-refractivity contribution is 9.10. The van der Waals surface area contributed by atoms with E-state index in [4.69, 9.17) is 5.73 Å². The van der Waals surface area contributed by atoms with E-state index in [9.17, 15) is 0 Å². The normalized spacial score (nSPS) is 10.4. The smallest absolute Gasteiger partial charge is 0.221 e. The summed E-state index contributed by atoms with van der Waals surface area (Å²) in [6, 6.07) is 13.6. The summed E-state index contributed by atoms with van der Waals surface area (Å²) in [7, 11) is 0. The highest BCUT2D eigenvalue weighted by atomic mass is 79.9. The van der Waals surface area contributed by atoms with Crippen molar-refractivity contribution in [2.45, 2.75) is 0 Å². The SMILES string of the molecule is Nc1nc(-c2ccc(Br)cc2)cc(-c2cccnc2)n1. The number of nitrogens with zero attached hydrogens (tertiary/aromatic N) is 3. The molecule has 3 rings (SSSR count). The maximum absolute atomic E-state index is 5.81. The summed E-state index contributed by atoms with van der Waals surface area (Å²) < 4.78 is 1.02. The van der Waals surface area contributed by atoms with Gasteiger partial charge in [-0.3, -0.25) is 4.98 Å². The van der Waals surface area contributed by atoms with E-state index >= 15 is 0 Å². The molecule has 20 heavy (non-hydrogen) atoms. The predicted molar refractivity (Wildman–Crippen MR) is 82.8 cm³/mol. The second-order valence-electron chi connectivity index (χ2n) is 4.25. The number of nitrogen functional groups attached to an aromatic ring is 1. The van der Waals surface area contributed by atoms with Crippen molar-refractivity contribution in [1.29, 1.82) is 0 Å². The van der Waals surface area contributed by atoms with Crippen molar-refractivity contribution in [3.8, 4) is 22.5 Å². The van der Waals surface area contributed by atoms with Gasteiger partial charge in [-0.05, 0) is 30.3 Å². The topological polar surface area (TPSA) is 64.7 Å². The molecule has 0 spiro atoms. The van der Waals surface area contributed by atoms with Crippen LogP contribution in [0.3, 0.4) is 0 Å². The number of pyridine rings is 1. The van der Waals surface area contributed by atoms with Crippen LogP contribution in [-0.2, 0) is 0 Å². The molecule has 0 radical (unpaired) electrons. The molecule has 2 N–H and O–H groups in total. The van der Waals surface area contributed by atoms with Gasteiger partial charge in [-0.2, -0.15) is 0 Å². The van der Waals surface area contributed by atoms with E-state index in [1.165, 1.54) is 0 Å². The van der Waals surface area contributed by atoms with E-state index in [1.54, 1.807) is 12.4 Å². The molecule has 0 saturated heterocycles. The molecule has 0 fully saturated rings. The summed E-state index contributed by atoms with van der Waals surface area (Å²) >= 11 is 3.42. The zero-order chi connectivity index (χ0) is 13.9. The predicted octanol–water partition coefficient (Wildman–Crippen LogP) is 3.55. The van der Waals surface area contributed by atoms with E-state index < -0.39 is 0 Å². The summed E-state index contributed by atoms with van der Waals surface area (Å²) in [5, 5.41) is 0. The first kappa shape index (κ1) is 12.7. The van der Waals surface area contributed by atoms with Gasteiger partial charge >= 0.3 is 0 Å². The van der Waals surface area contributed by atoms with Crippen molar-refractivity contribution < 1.29 is 0 Å². The molecule has 0 unspecified atom stereocenters. The van der Waals surface area contributed by atoms with Crippen LogP contribution in [0.1, 0.15) is 0 Å². The van der Waals surface area contributed by atoms with Gasteiger partial charge in [0.2, 0.25) is 5.95 Å². The fourth-order valence-electron chi connectivity index (χ4n) is 1.90. The lowest BCUT2D eigenvalue weighted by atomic mass is 10.1. The Labute approximate surface area is 124 Å². The summed E-state index contributed by atoms with van der Waals surface area (Å²) in [5.41, 5.74) is 9.28. The molecule has 2 heterocycles. The standard InChI is InChI=1S/C15H11BrN4/c16-12-5-3-10(4-6-12)13-8-14(20-15(17)19-13)11-2-1-7-18-9-11/h1-9H,(H2,17,19,20). The van der Waals surface area contributed by atoms with Crippen molar-refractivity contribution in [3.05, 3.63) is 59.3 Å². The molecule has 5 heteroatoms. The first-order chi connectivity index (χ1) is 9.72. The Morgan fingerprint density at radius 1 is 0.900 bits per heavy atom. The first-order valence-electron chi connectivity index (χ1n) is 6.03. The fraction of sp³-hybridized carbons (Fsp3) is 0. The Bertz CT molecular complexity index is 727. The highest BCUT2D eigenvalue weighted by Crippen LogP contribution is 2.25. The number of rotatable bonds is 2. The lowest BCUT2D eigenvalue weighted by molar-refractivity contribution is 1.19. The summed E-state index contributed by atoms with van der Waals surface area (Å²) in [6.45, 7) is 0. The maximum atomic E-state index is 5.81. The minimum Gasteiger partial charge on any atom is -0.368 e. The van der Waals surface area contributed by atoms with Gasteiger partial charge in [0.05, 0.1) is 11.4 Å². The second-order valence-corrected chi connectivity index (χ2v) is 5.16. The van der Waals surface area contributed by atoms with Crippen molar-refractivity contribution >= 4 is 21.9 Å². The zero-order valence-electron chi connectivity index (χ0n) is 10.5. The number of aromatic nitrogens is 3. The Balaban J connectivity index is 2.09. The van der Waals surface area contributed by atoms with Gasteiger partial charge in [0.25, 0.3) is 0 Å². The number of hydrogen-bond donors (Lipinski definition) is 1. The van der Waals surface area contributed by atoms with Gasteiger partial charge < -0.3 is 5.73 Å². The number of hydrogen-bond acceptors (Lipinski definition) is 4. The molecule has 3 aromatic rings. The van der Waals surface area contributed by atoms with Crippen LogP contribution in [0.15, 0.2) is 59.3 Å². The number of halogens is 1. The Hall–Kier alpha value is -2.27. The van der Waals surface area contributed by atoms with Crippen LogP contribution in [0.5, 0.6) is 0 Å². The highest BCUT2D eigenvalue weighted by Gasteiger charge is 2.07. The Morgan fingerprint density at radius 2 is 1.60 bits per heavy atom. The van der Waals surface area contributed by atoms with Crippen LogP contribution < -0.4 is 5.73 Å². The third-order valence-corrected chi connectivity index (χ3v) is 3.37. The fourth-order valence-corrected chi connectivity index (χ4v) is 2.16. The zero-order valence-corrected chi connectivity index (χ0v) is 12.1. The largest absolute Gasteiger partial charge is 0.368 e. The van der Waals surface area contributed by atoms with Crippen molar-refractivity contribution in [3.63, 3.8) is 0 Å². The monoisotopic (exact) mass is 326 g/mol. The Kier molecular flexibility index (Phi) is 3.43. The van der Waals surface area contributed by atoms with Gasteiger partial charge in [-0.1, -0.05) is 28.1 Å². The minimum atomic E-state index is 0.254. The van der Waals surface area contributed by atoms with Crippen LogP contribution in [0.4, 0.5) is 5.95 Å². The third-order valence-electron chi connectivity index (χ3n) is 2.84. The molecular weight excluding hydrogens is 316 g/mol. The summed E-state index contributed by atoms with van der Waals surface area (Å²) in [4.78, 5) is 12.7. The lowest BCUT2D eigenvalue weighted by Crippen LogP contribution is -1.98. The number of anilines is 1. The molecule has 0 aliphatic rings. The van der Waals surface area contributed by atoms with Gasteiger partial charge in [-0.15, -0.1) is 0 Å². The quantitative estimate of drug-likeness (QED) is 0.782. The third kappa shape index (κ3) is 2.67. The van der Waals surface area contributed by atoms with E-state index in [-0.39, 0.29) is 5.95 Å². The van der Waals surface area contributed by atoms with Crippen LogP contribution >= 0.6 is 15.9 Å². The summed E-state index contributed by atoms with van der Waals surface area (Å²) in [6.07, 6.45) is 3.48. The number of nitrogens with two attached hydrogens (primary N) is 1. The average Bonchev–Trinajstić information content (AvgIpc) is 2.48. The molecule has 0 bridgehead atoms. The summed E-state index contributed by atoms with van der Waals surface area (Å²) in [5.74, 6) is 0.254. The molecule has 0 atom stereocenters. The van der Waals surface area contributed by atoms with Crippen molar-refractivity contribution in [2.75, 3.05) is 5.73 Å². The van der Waals surface area contributed by atoms with Crippen molar-refractivity contribution in [1.82, 2.24) is 15.0 Å². The van der Waals surface area contributed by atoms with Gasteiger partial charge in [0, 0.05) is 28.0 Å². The molecule has 0 aliphatic heterocycles. The molecular formula is C15H11BrN4. The maximum Gasteiger partial charge on any atom is 0.221 e. The van der Waals surface area contributed by atoms with Crippen LogP contribution in [-0.4, -0.2) is 15.0 Å². The van der Waals surface area contributed by atoms with E-state index in [0.29, 0.717) is 0 Å². The first-order valence-corrected chi connectivity index (χ1v) is 6.82. The van der Waals surface area contributed by atoms with E-state index in [2.05, 4.69) is 30.9 Å². The molecule has 4 nitrogen and oxygen atoms in total. The molecule has 0 aliphatic carbocycles. The molecule has 2 aromatic heterocycles. The average molecular weight is 327 g/mol. The molecule has 0 amide bonds. The van der Waals surface area contributed by atoms with Gasteiger partial charge in [-0.25, -0.2) is 9.97 Å². The second kappa shape index (κ2) is 5.38. The van der Waals surface area contributed by atoms with Crippen LogP contribution in [0.25, 0.3) is 22.5 Å². The van der Waals surface area contributed by atoms with Crippen LogP contribution in [0.2, 0.25) is 0 Å². The van der Waals surface area contributed by atoms with E-state index in [0.717, 1.165) is 27.0 Å². The van der Waals surface area contributed by atoms with Crippen LogP contribution in [0, 0.1) is 0 Å². The van der Waals surface area contributed by atoms with Gasteiger partial charge in [0.15, 0.2) is 0 Å². The van der Waals surface area contributed by atoms with E-state index in [1.807, 2.05) is 42.5 Å².